The number of nitrogens with zero attached hydrogens (tertiary/aromatic N) is 3. The molecule has 0 fully saturated rings. The second-order valence-electron chi connectivity index (χ2n) is 2.47. The summed E-state index contributed by atoms with van der Waals surface area (Å²) in [7, 11) is 1.69. The van der Waals surface area contributed by atoms with Gasteiger partial charge in [0.2, 0.25) is 5.82 Å². The zero-order chi connectivity index (χ0) is 10.0. The van der Waals surface area contributed by atoms with E-state index in [2.05, 4.69) is 22.2 Å². The Kier molecular flexibility index (Phi) is 2.69. The van der Waals surface area contributed by atoms with Gasteiger partial charge in [0.05, 0.1) is 0 Å². The molecule has 1 rings (SSSR count). The number of hydrogen-bond acceptors (Lipinski definition) is 5. The Morgan fingerprint density at radius 2 is 2.38 bits per heavy atom. The molecule has 1 aliphatic heterocycles. The average molecular weight is 199 g/mol. The number of thiocarbonyl (C=S) groups is 1. The molecule has 7 heteroatoms. The Morgan fingerprint density at radius 3 is 2.85 bits per heavy atom. The molecule has 0 amide bonds. The molecule has 0 radical (unpaired) electrons. The zero-order valence-electron chi connectivity index (χ0n) is 7.02. The molecule has 0 aromatic heterocycles. The predicted octanol–water partition coefficient (Wildman–Crippen LogP) is -0.273. The molecule has 70 valence electrons. The van der Waals surface area contributed by atoms with E-state index in [-0.39, 0.29) is 5.82 Å². The third-order valence-electron chi connectivity index (χ3n) is 1.75. The number of nitroso groups, excluding NO2 is 1. The van der Waals surface area contributed by atoms with Gasteiger partial charge in [0.1, 0.15) is 11.9 Å². The van der Waals surface area contributed by atoms with Crippen LogP contribution in [0.25, 0.3) is 0 Å². The molecule has 1 heterocycles. The zero-order valence-corrected chi connectivity index (χ0v) is 7.84. The average Bonchev–Trinajstić information content (AvgIpc) is 2.13. The molecule has 1 unspecified atom stereocenters. The normalized spacial score (nSPS) is 22.8. The Labute approximate surface area is 80.5 Å². The summed E-state index contributed by atoms with van der Waals surface area (Å²) in [5.41, 5.74) is 5.99. The summed E-state index contributed by atoms with van der Waals surface area (Å²) in [6.45, 7) is 3.30. The molecular weight excluding hydrogens is 190 g/mol. The minimum atomic E-state index is -0.570. The van der Waals surface area contributed by atoms with Gasteiger partial charge in [-0.25, -0.2) is 0 Å². The van der Waals surface area contributed by atoms with E-state index in [0.29, 0.717) is 10.8 Å². The SMILES string of the molecule is C=NC1=C(N=O)NC(=S)N(C)C1N. The first-order valence-corrected chi connectivity index (χ1v) is 3.86. The lowest BCUT2D eigenvalue weighted by molar-refractivity contribution is 0.395. The highest BCUT2D eigenvalue weighted by Gasteiger charge is 2.27. The van der Waals surface area contributed by atoms with Crippen LogP contribution < -0.4 is 11.1 Å². The largest absolute Gasteiger partial charge is 0.331 e. The standard InChI is InChI=1S/C6H9N5OS/c1-8-3-4(7)11(2)6(13)9-5(3)10-12/h4H,1,7H2,2H3,(H,9,13). The van der Waals surface area contributed by atoms with Crippen molar-refractivity contribution in [3.05, 3.63) is 16.4 Å². The summed E-state index contributed by atoms with van der Waals surface area (Å²) in [5, 5.41) is 5.66. The van der Waals surface area contributed by atoms with Crippen molar-refractivity contribution in [3.63, 3.8) is 0 Å². The highest BCUT2D eigenvalue weighted by molar-refractivity contribution is 7.80. The van der Waals surface area contributed by atoms with Crippen LogP contribution in [0, 0.1) is 4.91 Å². The van der Waals surface area contributed by atoms with Crippen molar-refractivity contribution in [2.24, 2.45) is 15.9 Å². The Morgan fingerprint density at radius 1 is 1.77 bits per heavy atom. The molecule has 6 nitrogen and oxygen atoms in total. The second kappa shape index (κ2) is 3.58. The van der Waals surface area contributed by atoms with Gasteiger partial charge in [-0.3, -0.25) is 4.99 Å². The number of nitrogens with one attached hydrogen (secondary N) is 1. The summed E-state index contributed by atoms with van der Waals surface area (Å²) >= 11 is 4.89. The van der Waals surface area contributed by atoms with Crippen LogP contribution in [-0.2, 0) is 0 Å². The van der Waals surface area contributed by atoms with E-state index in [1.165, 1.54) is 0 Å². The van der Waals surface area contributed by atoms with Gasteiger partial charge in [0.25, 0.3) is 0 Å². The number of aliphatic imine (C=N–C) groups is 1. The van der Waals surface area contributed by atoms with Gasteiger partial charge < -0.3 is 16.0 Å². The molecule has 13 heavy (non-hydrogen) atoms. The predicted molar refractivity (Wildman–Crippen MR) is 53.8 cm³/mol. The Hall–Kier alpha value is -1.34. The molecule has 0 aromatic carbocycles. The van der Waals surface area contributed by atoms with E-state index in [1.54, 1.807) is 11.9 Å². The van der Waals surface area contributed by atoms with Crippen molar-refractivity contribution in [2.45, 2.75) is 6.17 Å². The second-order valence-corrected chi connectivity index (χ2v) is 2.86. The van der Waals surface area contributed by atoms with E-state index in [1.807, 2.05) is 0 Å². The molecule has 0 saturated heterocycles. The lowest BCUT2D eigenvalue weighted by atomic mass is 10.3. The van der Waals surface area contributed by atoms with Gasteiger partial charge in [-0.1, -0.05) is 0 Å². The van der Waals surface area contributed by atoms with Crippen LogP contribution in [0.2, 0.25) is 0 Å². The van der Waals surface area contributed by atoms with Crippen LogP contribution in [0.5, 0.6) is 0 Å². The minimum absolute atomic E-state index is 0.0330. The maximum Gasteiger partial charge on any atom is 0.202 e. The van der Waals surface area contributed by atoms with E-state index in [0.717, 1.165) is 0 Å². The van der Waals surface area contributed by atoms with Crippen molar-refractivity contribution < 1.29 is 0 Å². The first-order valence-electron chi connectivity index (χ1n) is 3.45. The number of rotatable bonds is 2. The maximum atomic E-state index is 10.3. The lowest BCUT2D eigenvalue weighted by Crippen LogP contribution is -2.52. The summed E-state index contributed by atoms with van der Waals surface area (Å²) in [6.07, 6.45) is -0.570. The van der Waals surface area contributed by atoms with Crippen LogP contribution in [0.15, 0.2) is 21.7 Å². The summed E-state index contributed by atoms with van der Waals surface area (Å²) in [6, 6.07) is 0. The fraction of sp³-hybridized carbons (Fsp3) is 0.333. The highest BCUT2D eigenvalue weighted by atomic mass is 32.1. The summed E-state index contributed by atoms with van der Waals surface area (Å²) in [4.78, 5) is 15.5. The molecule has 0 spiro atoms. The van der Waals surface area contributed by atoms with Gasteiger partial charge in [-0.2, -0.15) is 0 Å². The maximum absolute atomic E-state index is 10.3. The van der Waals surface area contributed by atoms with Crippen LogP contribution in [-0.4, -0.2) is 29.9 Å². The monoisotopic (exact) mass is 199 g/mol. The number of hydrogen-bond donors (Lipinski definition) is 2. The van der Waals surface area contributed by atoms with E-state index in [4.69, 9.17) is 18.0 Å². The van der Waals surface area contributed by atoms with Gasteiger partial charge in [0.15, 0.2) is 5.11 Å². The number of likely N-dealkylation sites (N-methyl/N-ethyl adjacent to an activating group) is 1. The summed E-state index contributed by atoms with van der Waals surface area (Å²) in [5.74, 6) is 0.0330. The van der Waals surface area contributed by atoms with Crippen LogP contribution in [0.3, 0.4) is 0 Å². The van der Waals surface area contributed by atoms with E-state index < -0.39 is 6.17 Å². The molecule has 3 N–H and O–H groups in total. The third-order valence-corrected chi connectivity index (χ3v) is 2.14. The molecule has 0 saturated carbocycles. The number of nitrogens with two attached hydrogens (primary N) is 1. The topological polar surface area (TPSA) is 83.1 Å². The van der Waals surface area contributed by atoms with Gasteiger partial charge in [-0.15, -0.1) is 4.91 Å². The van der Waals surface area contributed by atoms with Crippen molar-refractivity contribution >= 4 is 24.0 Å². The van der Waals surface area contributed by atoms with Crippen LogP contribution >= 0.6 is 12.2 Å². The van der Waals surface area contributed by atoms with Gasteiger partial charge in [-0.05, 0) is 24.1 Å². The first-order chi connectivity index (χ1) is 6.11. The smallest absolute Gasteiger partial charge is 0.202 e. The highest BCUT2D eigenvalue weighted by Crippen LogP contribution is 2.15. The van der Waals surface area contributed by atoms with E-state index >= 15 is 0 Å². The molecule has 0 aliphatic carbocycles. The van der Waals surface area contributed by atoms with Crippen molar-refractivity contribution in [1.82, 2.24) is 10.2 Å². The van der Waals surface area contributed by atoms with Crippen molar-refractivity contribution in [2.75, 3.05) is 7.05 Å². The fourth-order valence-corrected chi connectivity index (χ4v) is 1.15. The minimum Gasteiger partial charge on any atom is -0.331 e. The molecule has 1 aliphatic rings. The van der Waals surface area contributed by atoms with Crippen LogP contribution in [0.1, 0.15) is 0 Å². The Balaban J connectivity index is 3.13. The van der Waals surface area contributed by atoms with Crippen molar-refractivity contribution in [3.8, 4) is 0 Å². The lowest BCUT2D eigenvalue weighted by Gasteiger charge is -2.32. The van der Waals surface area contributed by atoms with Crippen molar-refractivity contribution in [1.29, 1.82) is 0 Å². The fourth-order valence-electron chi connectivity index (χ4n) is 0.941. The van der Waals surface area contributed by atoms with Crippen LogP contribution in [0.4, 0.5) is 0 Å². The Bertz CT molecular complexity index is 299. The van der Waals surface area contributed by atoms with Gasteiger partial charge >= 0.3 is 0 Å². The first kappa shape index (κ1) is 9.75. The summed E-state index contributed by atoms with van der Waals surface area (Å²) < 4.78 is 0. The van der Waals surface area contributed by atoms with E-state index in [9.17, 15) is 4.91 Å². The third kappa shape index (κ3) is 1.56. The van der Waals surface area contributed by atoms with Gasteiger partial charge in [0, 0.05) is 7.05 Å². The quantitative estimate of drug-likeness (QED) is 0.363. The molecule has 0 aromatic rings. The molecular formula is C6H9N5OS. The molecule has 0 bridgehead atoms. The molecule has 1 atom stereocenters.